The quantitative estimate of drug-likeness (QED) is 0.755. The first-order valence-electron chi connectivity index (χ1n) is 8.72. The highest BCUT2D eigenvalue weighted by Crippen LogP contribution is 2.27. The van der Waals surface area contributed by atoms with Crippen molar-refractivity contribution in [2.24, 2.45) is 0 Å². The van der Waals surface area contributed by atoms with Crippen molar-refractivity contribution in [3.8, 4) is 0 Å². The van der Waals surface area contributed by atoms with Gasteiger partial charge in [-0.1, -0.05) is 0 Å². The van der Waals surface area contributed by atoms with Crippen LogP contribution >= 0.6 is 0 Å². The second kappa shape index (κ2) is 6.67. The number of rotatable bonds is 4. The van der Waals surface area contributed by atoms with Gasteiger partial charge in [-0.05, 0) is 43.2 Å². The predicted octanol–water partition coefficient (Wildman–Crippen LogP) is 2.47. The Bertz CT molecular complexity index is 959. The lowest BCUT2D eigenvalue weighted by molar-refractivity contribution is -0.137. The minimum Gasteiger partial charge on any atom is -0.480 e. The molecule has 7 nitrogen and oxygen atoms in total. The third-order valence-corrected chi connectivity index (χ3v) is 4.89. The summed E-state index contributed by atoms with van der Waals surface area (Å²) in [6.07, 6.45) is 5.41. The van der Waals surface area contributed by atoms with Crippen LogP contribution in [0.4, 0.5) is 0 Å². The lowest BCUT2D eigenvalue weighted by Crippen LogP contribution is -2.39. The third-order valence-electron chi connectivity index (χ3n) is 4.89. The van der Waals surface area contributed by atoms with Crippen molar-refractivity contribution < 1.29 is 14.7 Å². The van der Waals surface area contributed by atoms with E-state index in [0.29, 0.717) is 12.1 Å². The fraction of sp³-hybridized carbons (Fsp3) is 0.316. The molecular formula is C19H20N4O3. The number of carboxylic acids is 1. The van der Waals surface area contributed by atoms with Crippen LogP contribution < -0.4 is 0 Å². The SMILES string of the molecule is O=C(O)Cn1ccc([C@H]2CCCN(C(=O)c3ccc4[nH]ccc4c3)C2)n1. The van der Waals surface area contributed by atoms with Crippen molar-refractivity contribution in [3.63, 3.8) is 0 Å². The summed E-state index contributed by atoms with van der Waals surface area (Å²) >= 11 is 0. The number of nitrogens with one attached hydrogen (secondary N) is 1. The fourth-order valence-electron chi connectivity index (χ4n) is 3.59. The van der Waals surface area contributed by atoms with Crippen LogP contribution in [0, 0.1) is 0 Å². The van der Waals surface area contributed by atoms with Gasteiger partial charge in [-0.3, -0.25) is 14.3 Å². The van der Waals surface area contributed by atoms with Crippen molar-refractivity contribution in [2.75, 3.05) is 13.1 Å². The molecule has 3 aromatic rings. The van der Waals surface area contributed by atoms with Gasteiger partial charge < -0.3 is 15.0 Å². The van der Waals surface area contributed by atoms with Crippen molar-refractivity contribution in [1.82, 2.24) is 19.7 Å². The van der Waals surface area contributed by atoms with E-state index in [4.69, 9.17) is 5.11 Å². The van der Waals surface area contributed by atoms with Gasteiger partial charge in [-0.2, -0.15) is 5.10 Å². The van der Waals surface area contributed by atoms with E-state index in [1.807, 2.05) is 41.4 Å². The van der Waals surface area contributed by atoms with E-state index in [-0.39, 0.29) is 18.4 Å². The molecule has 0 unspecified atom stereocenters. The van der Waals surface area contributed by atoms with Gasteiger partial charge in [-0.25, -0.2) is 0 Å². The lowest BCUT2D eigenvalue weighted by atomic mass is 9.94. The Morgan fingerprint density at radius 1 is 1.27 bits per heavy atom. The number of aromatic amines is 1. The van der Waals surface area contributed by atoms with Gasteiger partial charge in [-0.15, -0.1) is 0 Å². The number of aliphatic carboxylic acids is 1. The molecule has 0 bridgehead atoms. The number of H-pyrrole nitrogens is 1. The average Bonchev–Trinajstić information content (AvgIpc) is 3.29. The van der Waals surface area contributed by atoms with E-state index < -0.39 is 5.97 Å². The molecule has 7 heteroatoms. The van der Waals surface area contributed by atoms with Crippen LogP contribution in [0.15, 0.2) is 42.7 Å². The Balaban J connectivity index is 1.49. The van der Waals surface area contributed by atoms with Crippen molar-refractivity contribution >= 4 is 22.8 Å². The average molecular weight is 352 g/mol. The molecule has 1 aliphatic heterocycles. The Kier molecular flexibility index (Phi) is 4.20. The van der Waals surface area contributed by atoms with Gasteiger partial charge in [0.15, 0.2) is 0 Å². The van der Waals surface area contributed by atoms with Crippen LogP contribution in [0.1, 0.15) is 34.8 Å². The smallest absolute Gasteiger partial charge is 0.325 e. The minimum absolute atomic E-state index is 0.0303. The Labute approximate surface area is 150 Å². The summed E-state index contributed by atoms with van der Waals surface area (Å²) in [6, 6.07) is 9.51. The van der Waals surface area contributed by atoms with Crippen LogP contribution in [0.25, 0.3) is 10.9 Å². The number of hydrogen-bond acceptors (Lipinski definition) is 3. The molecule has 4 rings (SSSR count). The van der Waals surface area contributed by atoms with Crippen molar-refractivity contribution in [3.05, 3.63) is 54.0 Å². The van der Waals surface area contributed by atoms with Crippen LogP contribution in [0.5, 0.6) is 0 Å². The van der Waals surface area contributed by atoms with E-state index in [0.717, 1.165) is 36.0 Å². The molecule has 3 heterocycles. The van der Waals surface area contributed by atoms with Crippen LogP contribution in [0.3, 0.4) is 0 Å². The predicted molar refractivity (Wildman–Crippen MR) is 96.0 cm³/mol. The van der Waals surface area contributed by atoms with Crippen molar-refractivity contribution in [1.29, 1.82) is 0 Å². The van der Waals surface area contributed by atoms with E-state index in [2.05, 4.69) is 10.1 Å². The number of amides is 1. The van der Waals surface area contributed by atoms with Gasteiger partial charge >= 0.3 is 5.97 Å². The monoisotopic (exact) mass is 352 g/mol. The molecule has 0 radical (unpaired) electrons. The molecule has 26 heavy (non-hydrogen) atoms. The zero-order valence-corrected chi connectivity index (χ0v) is 14.3. The number of piperidine rings is 1. The zero-order valence-electron chi connectivity index (χ0n) is 14.3. The summed E-state index contributed by atoms with van der Waals surface area (Å²) in [6.45, 7) is 1.19. The van der Waals surface area contributed by atoms with Gasteiger partial charge in [0.25, 0.3) is 5.91 Å². The number of carbonyl (C=O) groups is 2. The molecule has 1 atom stereocenters. The molecule has 1 aromatic carbocycles. The molecule has 0 spiro atoms. The number of nitrogens with zero attached hydrogens (tertiary/aromatic N) is 3. The summed E-state index contributed by atoms with van der Waals surface area (Å²) in [5.74, 6) is -0.748. The first-order chi connectivity index (χ1) is 12.6. The van der Waals surface area contributed by atoms with E-state index in [1.165, 1.54) is 4.68 Å². The van der Waals surface area contributed by atoms with Crippen LogP contribution in [0.2, 0.25) is 0 Å². The molecule has 2 N–H and O–H groups in total. The Morgan fingerprint density at radius 3 is 3.00 bits per heavy atom. The minimum atomic E-state index is -0.916. The summed E-state index contributed by atoms with van der Waals surface area (Å²) < 4.78 is 1.43. The Hall–Kier alpha value is -3.09. The first kappa shape index (κ1) is 16.4. The normalized spacial score (nSPS) is 17.5. The molecule has 1 saturated heterocycles. The topological polar surface area (TPSA) is 91.2 Å². The highest BCUT2D eigenvalue weighted by Gasteiger charge is 2.27. The molecule has 0 saturated carbocycles. The summed E-state index contributed by atoms with van der Waals surface area (Å²) in [7, 11) is 0. The molecule has 2 aromatic heterocycles. The van der Waals surface area contributed by atoms with Gasteiger partial charge in [0.2, 0.25) is 0 Å². The van der Waals surface area contributed by atoms with Gasteiger partial charge in [0.05, 0.1) is 5.69 Å². The molecule has 1 amide bonds. The number of carboxylic acid groups (broad SMARTS) is 1. The van der Waals surface area contributed by atoms with Gasteiger partial charge in [0.1, 0.15) is 6.54 Å². The number of aromatic nitrogens is 3. The van der Waals surface area contributed by atoms with E-state index >= 15 is 0 Å². The second-order valence-corrected chi connectivity index (χ2v) is 6.70. The van der Waals surface area contributed by atoms with E-state index in [9.17, 15) is 9.59 Å². The number of carbonyl (C=O) groups excluding carboxylic acids is 1. The molecule has 134 valence electrons. The first-order valence-corrected chi connectivity index (χ1v) is 8.72. The summed E-state index contributed by atoms with van der Waals surface area (Å²) in [5, 5.41) is 14.3. The maximum Gasteiger partial charge on any atom is 0.325 e. The largest absolute Gasteiger partial charge is 0.480 e. The van der Waals surface area contributed by atoms with Crippen molar-refractivity contribution in [2.45, 2.75) is 25.3 Å². The number of benzene rings is 1. The van der Waals surface area contributed by atoms with Gasteiger partial charge in [0, 0.05) is 47.9 Å². The standard InChI is InChI=1S/C19H20N4O3/c24-18(25)12-23-9-6-17(21-23)15-2-1-8-22(11-15)19(26)14-3-4-16-13(10-14)5-7-20-16/h3-7,9-10,15,20H,1-2,8,11-12H2,(H,24,25)/t15-/m0/s1. The number of hydrogen-bond donors (Lipinski definition) is 2. The highest BCUT2D eigenvalue weighted by molar-refractivity contribution is 5.98. The molecule has 1 fully saturated rings. The van der Waals surface area contributed by atoms with E-state index in [1.54, 1.807) is 6.20 Å². The Morgan fingerprint density at radius 2 is 2.15 bits per heavy atom. The second-order valence-electron chi connectivity index (χ2n) is 6.70. The van der Waals surface area contributed by atoms with Crippen LogP contribution in [-0.2, 0) is 11.3 Å². The van der Waals surface area contributed by atoms with Crippen LogP contribution in [-0.4, -0.2) is 49.7 Å². The molecule has 0 aliphatic carbocycles. The fourth-order valence-corrected chi connectivity index (χ4v) is 3.59. The number of fused-ring (bicyclic) bond motifs is 1. The highest BCUT2D eigenvalue weighted by atomic mass is 16.4. The zero-order chi connectivity index (χ0) is 18.1. The third kappa shape index (κ3) is 3.20. The summed E-state index contributed by atoms with van der Waals surface area (Å²) in [4.78, 5) is 28.7. The number of likely N-dealkylation sites (tertiary alicyclic amines) is 1. The maximum atomic E-state index is 12.9. The summed E-state index contributed by atoms with van der Waals surface area (Å²) in [5.41, 5.74) is 2.56. The molecule has 1 aliphatic rings. The lowest BCUT2D eigenvalue weighted by Gasteiger charge is -2.32. The molecular weight excluding hydrogens is 332 g/mol. The maximum absolute atomic E-state index is 12.9.